The Morgan fingerprint density at radius 2 is 1.91 bits per heavy atom. The molecule has 0 radical (unpaired) electrons. The van der Waals surface area contributed by atoms with Crippen LogP contribution in [-0.2, 0) is 4.74 Å². The van der Waals surface area contributed by atoms with Gasteiger partial charge in [-0.2, -0.15) is 0 Å². The maximum Gasteiger partial charge on any atom is 0.522 e. The van der Waals surface area contributed by atoms with Gasteiger partial charge in [0.15, 0.2) is 0 Å². The summed E-state index contributed by atoms with van der Waals surface area (Å²) in [6.45, 7) is 1.49. The first-order valence-corrected chi connectivity index (χ1v) is 3.25. The number of aliphatic hydroxyl groups is 1. The molecule has 0 aromatic heterocycles. The predicted octanol–water partition coefficient (Wildman–Crippen LogP) is 1.44. The van der Waals surface area contributed by atoms with Crippen LogP contribution in [0.2, 0.25) is 0 Å². The van der Waals surface area contributed by atoms with Crippen molar-refractivity contribution >= 4 is 0 Å². The molecule has 0 aromatic carbocycles. The molecular weight excluding hydrogens is 161 g/mol. The van der Waals surface area contributed by atoms with Gasteiger partial charge in [0, 0.05) is 12.8 Å². The molecule has 1 aliphatic rings. The summed E-state index contributed by atoms with van der Waals surface area (Å²) in [6.07, 6.45) is -5.30. The zero-order valence-corrected chi connectivity index (χ0v) is 5.98. The standard InChI is InChI=1S/C6H9F3O2/c1-5(10)2-4(3-5)11-6(7,8)9/h4,10H,2-3H2,1H3. The quantitative estimate of drug-likeness (QED) is 0.645. The third-order valence-electron chi connectivity index (χ3n) is 1.64. The summed E-state index contributed by atoms with van der Waals surface area (Å²) in [7, 11) is 0. The average molecular weight is 170 g/mol. The maximum atomic E-state index is 11.5. The van der Waals surface area contributed by atoms with E-state index in [2.05, 4.69) is 4.74 Å². The van der Waals surface area contributed by atoms with E-state index in [-0.39, 0.29) is 12.8 Å². The van der Waals surface area contributed by atoms with E-state index < -0.39 is 18.1 Å². The number of hydrogen-bond donors (Lipinski definition) is 1. The Balaban J connectivity index is 2.24. The molecule has 0 heterocycles. The van der Waals surface area contributed by atoms with Crippen LogP contribution in [-0.4, -0.2) is 23.2 Å². The fraction of sp³-hybridized carbons (Fsp3) is 1.00. The Labute approximate surface area is 62.0 Å². The average Bonchev–Trinajstić information content (AvgIpc) is 1.53. The van der Waals surface area contributed by atoms with Gasteiger partial charge in [-0.05, 0) is 6.92 Å². The molecule has 5 heteroatoms. The highest BCUT2D eigenvalue weighted by Crippen LogP contribution is 2.37. The van der Waals surface area contributed by atoms with E-state index in [0.717, 1.165) is 0 Å². The van der Waals surface area contributed by atoms with Gasteiger partial charge in [-0.1, -0.05) is 0 Å². The lowest BCUT2D eigenvalue weighted by Gasteiger charge is -2.40. The summed E-state index contributed by atoms with van der Waals surface area (Å²) in [6, 6.07) is 0. The van der Waals surface area contributed by atoms with Crippen molar-refractivity contribution in [2.75, 3.05) is 0 Å². The molecular formula is C6H9F3O2. The van der Waals surface area contributed by atoms with Crippen molar-refractivity contribution in [3.63, 3.8) is 0 Å². The van der Waals surface area contributed by atoms with Crippen molar-refractivity contribution in [2.24, 2.45) is 0 Å². The normalized spacial score (nSPS) is 38.5. The highest BCUT2D eigenvalue weighted by Gasteiger charge is 2.45. The van der Waals surface area contributed by atoms with E-state index in [0.29, 0.717) is 0 Å². The second-order valence-corrected chi connectivity index (χ2v) is 3.09. The molecule has 1 saturated carbocycles. The lowest BCUT2D eigenvalue weighted by molar-refractivity contribution is -0.361. The van der Waals surface area contributed by atoms with Crippen molar-refractivity contribution in [2.45, 2.75) is 37.8 Å². The minimum atomic E-state index is -4.57. The van der Waals surface area contributed by atoms with Crippen molar-refractivity contribution in [1.82, 2.24) is 0 Å². The molecule has 0 atom stereocenters. The van der Waals surface area contributed by atoms with Crippen molar-refractivity contribution in [1.29, 1.82) is 0 Å². The summed E-state index contributed by atoms with van der Waals surface area (Å²) in [5, 5.41) is 9.03. The van der Waals surface area contributed by atoms with Crippen LogP contribution in [0.4, 0.5) is 13.2 Å². The Bertz CT molecular complexity index is 144. The van der Waals surface area contributed by atoms with Crippen LogP contribution in [0.1, 0.15) is 19.8 Å². The van der Waals surface area contributed by atoms with Gasteiger partial charge in [-0.15, -0.1) is 13.2 Å². The van der Waals surface area contributed by atoms with Gasteiger partial charge in [-0.3, -0.25) is 4.74 Å². The number of halogens is 3. The highest BCUT2D eigenvalue weighted by atomic mass is 19.4. The summed E-state index contributed by atoms with van der Waals surface area (Å²) in [5.74, 6) is 0. The molecule has 0 aromatic rings. The molecule has 0 aliphatic heterocycles. The first kappa shape index (κ1) is 8.80. The van der Waals surface area contributed by atoms with Gasteiger partial charge in [0.2, 0.25) is 0 Å². The topological polar surface area (TPSA) is 29.5 Å². The lowest BCUT2D eigenvalue weighted by Crippen LogP contribution is -2.47. The van der Waals surface area contributed by atoms with Gasteiger partial charge in [0.25, 0.3) is 0 Å². The summed E-state index contributed by atoms with van der Waals surface area (Å²) in [5.41, 5.74) is -0.962. The van der Waals surface area contributed by atoms with Crippen LogP contribution >= 0.6 is 0 Å². The van der Waals surface area contributed by atoms with Crippen LogP contribution in [0.3, 0.4) is 0 Å². The minimum Gasteiger partial charge on any atom is -0.390 e. The largest absolute Gasteiger partial charge is 0.522 e. The third-order valence-corrected chi connectivity index (χ3v) is 1.64. The minimum absolute atomic E-state index is 0.0620. The second-order valence-electron chi connectivity index (χ2n) is 3.09. The van der Waals surface area contributed by atoms with E-state index >= 15 is 0 Å². The molecule has 0 spiro atoms. The maximum absolute atomic E-state index is 11.5. The Kier molecular flexibility index (Phi) is 1.88. The molecule has 11 heavy (non-hydrogen) atoms. The van der Waals surface area contributed by atoms with E-state index in [1.54, 1.807) is 0 Å². The van der Waals surface area contributed by atoms with Gasteiger partial charge < -0.3 is 5.11 Å². The highest BCUT2D eigenvalue weighted by molar-refractivity contribution is 4.91. The van der Waals surface area contributed by atoms with E-state index in [1.165, 1.54) is 6.92 Å². The predicted molar refractivity (Wildman–Crippen MR) is 30.8 cm³/mol. The monoisotopic (exact) mass is 170 g/mol. The van der Waals surface area contributed by atoms with E-state index in [1.807, 2.05) is 0 Å². The first-order chi connectivity index (χ1) is 4.79. The molecule has 1 N–H and O–H groups in total. The molecule has 66 valence electrons. The van der Waals surface area contributed by atoms with Crippen LogP contribution in [0.5, 0.6) is 0 Å². The molecule has 0 saturated heterocycles. The molecule has 2 nitrogen and oxygen atoms in total. The van der Waals surface area contributed by atoms with Gasteiger partial charge in [0.1, 0.15) is 0 Å². The second kappa shape index (κ2) is 2.35. The SMILES string of the molecule is CC1(O)CC(OC(F)(F)F)C1. The van der Waals surface area contributed by atoms with Crippen LogP contribution in [0.15, 0.2) is 0 Å². The fourth-order valence-corrected chi connectivity index (χ4v) is 1.19. The van der Waals surface area contributed by atoms with Crippen LogP contribution < -0.4 is 0 Å². The number of hydrogen-bond acceptors (Lipinski definition) is 2. The van der Waals surface area contributed by atoms with E-state index in [4.69, 9.17) is 5.11 Å². The Hall–Kier alpha value is -0.290. The van der Waals surface area contributed by atoms with Crippen LogP contribution in [0, 0.1) is 0 Å². The fourth-order valence-electron chi connectivity index (χ4n) is 1.19. The van der Waals surface area contributed by atoms with Crippen LogP contribution in [0.25, 0.3) is 0 Å². The number of alkyl halides is 3. The summed E-state index contributed by atoms with van der Waals surface area (Å²) >= 11 is 0. The van der Waals surface area contributed by atoms with Crippen molar-refractivity contribution in [3.8, 4) is 0 Å². The number of rotatable bonds is 1. The molecule has 1 rings (SSSR count). The van der Waals surface area contributed by atoms with Crippen molar-refractivity contribution in [3.05, 3.63) is 0 Å². The molecule has 0 unspecified atom stereocenters. The third kappa shape index (κ3) is 2.67. The molecule has 1 fully saturated rings. The zero-order valence-electron chi connectivity index (χ0n) is 5.98. The first-order valence-electron chi connectivity index (χ1n) is 3.25. The molecule has 1 aliphatic carbocycles. The smallest absolute Gasteiger partial charge is 0.390 e. The summed E-state index contributed by atoms with van der Waals surface area (Å²) in [4.78, 5) is 0. The molecule has 0 amide bonds. The van der Waals surface area contributed by atoms with Gasteiger partial charge >= 0.3 is 6.36 Å². The molecule has 0 bridgehead atoms. The zero-order chi connectivity index (χ0) is 8.70. The Morgan fingerprint density at radius 3 is 2.18 bits per heavy atom. The van der Waals surface area contributed by atoms with Crippen molar-refractivity contribution < 1.29 is 23.0 Å². The van der Waals surface area contributed by atoms with E-state index in [9.17, 15) is 13.2 Å². The summed E-state index contributed by atoms with van der Waals surface area (Å²) < 4.78 is 38.1. The Morgan fingerprint density at radius 1 is 1.45 bits per heavy atom. The van der Waals surface area contributed by atoms with Gasteiger partial charge in [0.05, 0.1) is 11.7 Å². The van der Waals surface area contributed by atoms with Gasteiger partial charge in [-0.25, -0.2) is 0 Å². The number of ether oxygens (including phenoxy) is 1. The lowest BCUT2D eigenvalue weighted by atomic mass is 9.79.